The quantitative estimate of drug-likeness (QED) is 0.560. The first-order valence-electron chi connectivity index (χ1n) is 7.87. The molecule has 126 valence electrons. The SMILES string of the molecule is C/C(=C\C(=N)c1cccc(C(=O)NCC#N)c1)c1ccc(CN)cc1. The monoisotopic (exact) mass is 332 g/mol. The Kier molecular flexibility index (Phi) is 6.21. The minimum Gasteiger partial charge on any atom is -0.339 e. The van der Waals surface area contributed by atoms with Crippen molar-refractivity contribution < 1.29 is 4.79 Å². The molecule has 1 amide bonds. The molecule has 0 bridgehead atoms. The molecule has 0 aliphatic heterocycles. The number of rotatable bonds is 6. The summed E-state index contributed by atoms with van der Waals surface area (Å²) in [6.07, 6.45) is 1.77. The van der Waals surface area contributed by atoms with Crippen LogP contribution in [0.2, 0.25) is 0 Å². The van der Waals surface area contributed by atoms with Crippen LogP contribution in [0.4, 0.5) is 0 Å². The second-order valence-corrected chi connectivity index (χ2v) is 5.56. The van der Waals surface area contributed by atoms with E-state index in [9.17, 15) is 4.79 Å². The Morgan fingerprint density at radius 3 is 2.52 bits per heavy atom. The Morgan fingerprint density at radius 1 is 1.20 bits per heavy atom. The third kappa shape index (κ3) is 4.87. The lowest BCUT2D eigenvalue weighted by Gasteiger charge is -2.07. The van der Waals surface area contributed by atoms with E-state index < -0.39 is 0 Å². The fraction of sp³-hybridized carbons (Fsp3) is 0.150. The fourth-order valence-corrected chi connectivity index (χ4v) is 2.34. The van der Waals surface area contributed by atoms with Crippen molar-refractivity contribution in [2.24, 2.45) is 5.73 Å². The normalized spacial score (nSPS) is 10.8. The number of nitrogens with one attached hydrogen (secondary N) is 2. The predicted octanol–water partition coefficient (Wildman–Crippen LogP) is 2.87. The van der Waals surface area contributed by atoms with Crippen LogP contribution in [-0.2, 0) is 6.54 Å². The lowest BCUT2D eigenvalue weighted by molar-refractivity contribution is 0.0958. The minimum atomic E-state index is -0.325. The van der Waals surface area contributed by atoms with Crippen LogP contribution in [0.5, 0.6) is 0 Å². The first-order chi connectivity index (χ1) is 12.0. The number of amides is 1. The van der Waals surface area contributed by atoms with E-state index in [1.807, 2.05) is 37.3 Å². The van der Waals surface area contributed by atoms with Gasteiger partial charge in [-0.25, -0.2) is 0 Å². The highest BCUT2D eigenvalue weighted by molar-refractivity contribution is 6.11. The molecule has 5 heteroatoms. The number of nitrogens with zero attached hydrogens (tertiary/aromatic N) is 1. The van der Waals surface area contributed by atoms with Gasteiger partial charge in [-0.3, -0.25) is 4.79 Å². The summed E-state index contributed by atoms with van der Waals surface area (Å²) in [6.45, 7) is 2.40. The van der Waals surface area contributed by atoms with E-state index in [1.54, 1.807) is 30.3 Å². The van der Waals surface area contributed by atoms with Crippen molar-refractivity contribution in [3.8, 4) is 6.07 Å². The average molecular weight is 332 g/mol. The summed E-state index contributed by atoms with van der Waals surface area (Å²) in [5.41, 5.74) is 10.0. The van der Waals surface area contributed by atoms with Gasteiger partial charge < -0.3 is 16.5 Å². The highest BCUT2D eigenvalue weighted by Crippen LogP contribution is 2.16. The molecule has 0 aliphatic rings. The van der Waals surface area contributed by atoms with Gasteiger partial charge in [0.05, 0.1) is 11.8 Å². The van der Waals surface area contributed by atoms with Gasteiger partial charge in [0.15, 0.2) is 0 Å². The van der Waals surface area contributed by atoms with Gasteiger partial charge in [-0.15, -0.1) is 0 Å². The van der Waals surface area contributed by atoms with Crippen LogP contribution in [0.1, 0.15) is 34.0 Å². The Labute approximate surface area is 147 Å². The summed E-state index contributed by atoms with van der Waals surface area (Å²) < 4.78 is 0. The summed E-state index contributed by atoms with van der Waals surface area (Å²) >= 11 is 0. The second-order valence-electron chi connectivity index (χ2n) is 5.56. The van der Waals surface area contributed by atoms with E-state index in [2.05, 4.69) is 5.32 Å². The molecule has 0 saturated heterocycles. The van der Waals surface area contributed by atoms with Crippen molar-refractivity contribution in [3.05, 3.63) is 76.9 Å². The van der Waals surface area contributed by atoms with Crippen molar-refractivity contribution in [1.29, 1.82) is 10.7 Å². The van der Waals surface area contributed by atoms with E-state index in [0.29, 0.717) is 23.4 Å². The van der Waals surface area contributed by atoms with Gasteiger partial charge in [0.2, 0.25) is 0 Å². The third-order valence-electron chi connectivity index (χ3n) is 3.77. The molecule has 25 heavy (non-hydrogen) atoms. The molecule has 0 spiro atoms. The molecule has 2 aromatic rings. The summed E-state index contributed by atoms with van der Waals surface area (Å²) in [7, 11) is 0. The summed E-state index contributed by atoms with van der Waals surface area (Å²) in [5.74, 6) is -0.325. The Morgan fingerprint density at radius 2 is 1.88 bits per heavy atom. The zero-order chi connectivity index (χ0) is 18.2. The van der Waals surface area contributed by atoms with Gasteiger partial charge >= 0.3 is 0 Å². The first kappa shape index (κ1) is 18.1. The smallest absolute Gasteiger partial charge is 0.252 e. The molecule has 4 N–H and O–H groups in total. The van der Waals surface area contributed by atoms with Crippen molar-refractivity contribution in [3.63, 3.8) is 0 Å². The van der Waals surface area contributed by atoms with Crippen LogP contribution in [0.3, 0.4) is 0 Å². The molecule has 5 nitrogen and oxygen atoms in total. The molecule has 0 aromatic heterocycles. The maximum Gasteiger partial charge on any atom is 0.252 e. The number of nitrogens with two attached hydrogens (primary N) is 1. The van der Waals surface area contributed by atoms with E-state index in [1.165, 1.54) is 0 Å². The molecule has 2 rings (SSSR count). The molecule has 2 aromatic carbocycles. The Hall–Kier alpha value is -3.23. The lowest BCUT2D eigenvalue weighted by Crippen LogP contribution is -2.23. The molecular weight excluding hydrogens is 312 g/mol. The maximum atomic E-state index is 11.9. The van der Waals surface area contributed by atoms with Crippen LogP contribution in [0.25, 0.3) is 5.57 Å². The molecule has 0 radical (unpaired) electrons. The van der Waals surface area contributed by atoms with Crippen LogP contribution in [0, 0.1) is 16.7 Å². The van der Waals surface area contributed by atoms with Gasteiger partial charge in [-0.1, -0.05) is 36.4 Å². The van der Waals surface area contributed by atoms with Gasteiger partial charge in [-0.05, 0) is 41.8 Å². The second kappa shape index (κ2) is 8.57. The Bertz CT molecular complexity index is 845. The lowest BCUT2D eigenvalue weighted by atomic mass is 10.0. The van der Waals surface area contributed by atoms with E-state index in [0.717, 1.165) is 16.7 Å². The van der Waals surface area contributed by atoms with Crippen LogP contribution in [-0.4, -0.2) is 18.2 Å². The number of benzene rings is 2. The summed E-state index contributed by atoms with van der Waals surface area (Å²) in [4.78, 5) is 11.9. The molecular formula is C20H20N4O. The standard InChI is InChI=1S/C20H20N4O/c1-14(16-7-5-15(13-22)6-8-16)11-19(23)17-3-2-4-18(12-17)20(25)24-10-9-21/h2-8,11-12,23H,10,13,22H2,1H3,(H,24,25)/b14-11+,23-19?. The number of carbonyl (C=O) groups excluding carboxylic acids is 1. The number of hydrogen-bond acceptors (Lipinski definition) is 4. The molecule has 0 aliphatic carbocycles. The summed E-state index contributed by atoms with van der Waals surface area (Å²) in [5, 5.41) is 19.3. The van der Waals surface area contributed by atoms with Gasteiger partial charge in [0.1, 0.15) is 6.54 Å². The molecule has 0 heterocycles. The highest BCUT2D eigenvalue weighted by Gasteiger charge is 2.07. The molecule has 0 fully saturated rings. The maximum absolute atomic E-state index is 11.9. The Balaban J connectivity index is 2.19. The first-order valence-corrected chi connectivity index (χ1v) is 7.87. The van der Waals surface area contributed by atoms with Crippen molar-refractivity contribution in [1.82, 2.24) is 5.32 Å². The largest absolute Gasteiger partial charge is 0.339 e. The van der Waals surface area contributed by atoms with Crippen LogP contribution in [0.15, 0.2) is 54.6 Å². The zero-order valence-electron chi connectivity index (χ0n) is 14.0. The third-order valence-corrected chi connectivity index (χ3v) is 3.77. The topological polar surface area (TPSA) is 103 Å². The number of nitriles is 1. The van der Waals surface area contributed by atoms with Crippen molar-refractivity contribution in [2.75, 3.05) is 6.54 Å². The summed E-state index contributed by atoms with van der Waals surface area (Å²) in [6, 6.07) is 16.6. The molecule has 0 atom stereocenters. The van der Waals surface area contributed by atoms with Crippen LogP contribution < -0.4 is 11.1 Å². The number of hydrogen-bond donors (Lipinski definition) is 3. The van der Waals surface area contributed by atoms with Gasteiger partial charge in [0, 0.05) is 17.7 Å². The molecule has 0 saturated carbocycles. The van der Waals surface area contributed by atoms with Crippen molar-refractivity contribution >= 4 is 17.2 Å². The van der Waals surface area contributed by atoms with Gasteiger partial charge in [-0.2, -0.15) is 5.26 Å². The van der Waals surface area contributed by atoms with E-state index in [4.69, 9.17) is 16.4 Å². The molecule has 0 unspecified atom stereocenters. The number of allylic oxidation sites excluding steroid dienone is 2. The van der Waals surface area contributed by atoms with E-state index >= 15 is 0 Å². The number of carbonyl (C=O) groups is 1. The van der Waals surface area contributed by atoms with Crippen LogP contribution >= 0.6 is 0 Å². The highest BCUT2D eigenvalue weighted by atomic mass is 16.1. The van der Waals surface area contributed by atoms with Gasteiger partial charge in [0.25, 0.3) is 5.91 Å². The van der Waals surface area contributed by atoms with E-state index in [-0.39, 0.29) is 12.5 Å². The van der Waals surface area contributed by atoms with Crippen molar-refractivity contribution in [2.45, 2.75) is 13.5 Å². The minimum absolute atomic E-state index is 0.0433. The fourth-order valence-electron chi connectivity index (χ4n) is 2.34. The zero-order valence-corrected chi connectivity index (χ0v) is 14.0. The predicted molar refractivity (Wildman–Crippen MR) is 99.2 cm³/mol. The average Bonchev–Trinajstić information content (AvgIpc) is 2.66.